The lowest BCUT2D eigenvalue weighted by atomic mass is 10.1. The number of aromatic nitrogens is 4. The van der Waals surface area contributed by atoms with E-state index in [1.165, 1.54) is 5.56 Å². The van der Waals surface area contributed by atoms with E-state index in [9.17, 15) is 0 Å². The fraction of sp³-hybridized carbons (Fsp3) is 0.571. The molecule has 5 heteroatoms. The minimum atomic E-state index is 0.439. The predicted molar refractivity (Wildman–Crippen MR) is 77.3 cm³/mol. The molecule has 0 aromatic carbocycles. The van der Waals surface area contributed by atoms with E-state index in [4.69, 9.17) is 0 Å². The number of nitrogens with zero attached hydrogens (tertiary/aromatic N) is 4. The molecule has 0 atom stereocenters. The summed E-state index contributed by atoms with van der Waals surface area (Å²) in [6.45, 7) is 9.24. The Morgan fingerprint density at radius 1 is 1.21 bits per heavy atom. The van der Waals surface area contributed by atoms with Gasteiger partial charge in [0.2, 0.25) is 0 Å². The summed E-state index contributed by atoms with van der Waals surface area (Å²) in [6.07, 6.45) is 2.09. The van der Waals surface area contributed by atoms with E-state index in [1.807, 2.05) is 30.4 Å². The molecule has 0 aliphatic heterocycles. The minimum absolute atomic E-state index is 0.439. The highest BCUT2D eigenvalue weighted by Crippen LogP contribution is 2.22. The van der Waals surface area contributed by atoms with Gasteiger partial charge in [-0.15, -0.1) is 0 Å². The van der Waals surface area contributed by atoms with Gasteiger partial charge >= 0.3 is 0 Å². The Kier molecular flexibility index (Phi) is 3.64. The van der Waals surface area contributed by atoms with Gasteiger partial charge < -0.3 is 5.32 Å². The first-order valence-corrected chi connectivity index (χ1v) is 6.66. The number of hydrogen-bond acceptors (Lipinski definition) is 3. The van der Waals surface area contributed by atoms with Crippen molar-refractivity contribution >= 4 is 5.69 Å². The van der Waals surface area contributed by atoms with Crippen molar-refractivity contribution in [3.63, 3.8) is 0 Å². The molecule has 0 saturated carbocycles. The molecule has 2 aromatic rings. The maximum absolute atomic E-state index is 4.53. The number of aryl methyl sites for hydroxylation is 3. The molecule has 104 valence electrons. The largest absolute Gasteiger partial charge is 0.378 e. The second kappa shape index (κ2) is 5.07. The van der Waals surface area contributed by atoms with E-state index in [-0.39, 0.29) is 0 Å². The van der Waals surface area contributed by atoms with Crippen molar-refractivity contribution in [2.45, 2.75) is 40.2 Å². The van der Waals surface area contributed by atoms with E-state index in [1.54, 1.807) is 0 Å². The summed E-state index contributed by atoms with van der Waals surface area (Å²) in [6, 6.07) is 0. The highest BCUT2D eigenvalue weighted by atomic mass is 15.3. The summed E-state index contributed by atoms with van der Waals surface area (Å²) in [5.41, 5.74) is 5.73. The first kappa shape index (κ1) is 13.6. The lowest BCUT2D eigenvalue weighted by molar-refractivity contribution is 0.712. The van der Waals surface area contributed by atoms with Crippen molar-refractivity contribution in [1.82, 2.24) is 19.6 Å². The van der Waals surface area contributed by atoms with Gasteiger partial charge in [0.25, 0.3) is 0 Å². The molecular weight excluding hydrogens is 238 g/mol. The molecule has 1 N–H and O–H groups in total. The van der Waals surface area contributed by atoms with Crippen molar-refractivity contribution in [3.05, 3.63) is 28.8 Å². The second-order valence-electron chi connectivity index (χ2n) is 5.39. The Morgan fingerprint density at radius 2 is 1.89 bits per heavy atom. The summed E-state index contributed by atoms with van der Waals surface area (Å²) in [7, 11) is 3.94. The molecule has 5 nitrogen and oxygen atoms in total. The van der Waals surface area contributed by atoms with Gasteiger partial charge in [-0.05, 0) is 19.8 Å². The molecule has 0 amide bonds. The van der Waals surface area contributed by atoms with Gasteiger partial charge in [-0.2, -0.15) is 10.2 Å². The zero-order chi connectivity index (χ0) is 14.2. The molecule has 0 aliphatic carbocycles. The topological polar surface area (TPSA) is 47.7 Å². The number of nitrogens with one attached hydrogen (secondary N) is 1. The standard InChI is InChI=1S/C14H23N5/c1-9(2)13-12(8-18(5)17-13)7-15-14-10(3)16-19(6)11(14)4/h8-9,15H,7H2,1-6H3. The summed E-state index contributed by atoms with van der Waals surface area (Å²) in [4.78, 5) is 0. The van der Waals surface area contributed by atoms with Crippen molar-refractivity contribution < 1.29 is 0 Å². The van der Waals surface area contributed by atoms with Gasteiger partial charge in [0.05, 0.1) is 22.8 Å². The maximum Gasteiger partial charge on any atom is 0.0827 e. The lowest BCUT2D eigenvalue weighted by Crippen LogP contribution is -2.04. The summed E-state index contributed by atoms with van der Waals surface area (Å²) < 4.78 is 3.79. The fourth-order valence-corrected chi connectivity index (χ4v) is 2.39. The van der Waals surface area contributed by atoms with Crippen molar-refractivity contribution in [1.29, 1.82) is 0 Å². The summed E-state index contributed by atoms with van der Waals surface area (Å²) in [5, 5.41) is 12.4. The van der Waals surface area contributed by atoms with Crippen molar-refractivity contribution in [3.8, 4) is 0 Å². The third-order valence-corrected chi connectivity index (χ3v) is 3.45. The monoisotopic (exact) mass is 261 g/mol. The maximum atomic E-state index is 4.53. The molecule has 2 heterocycles. The highest BCUT2D eigenvalue weighted by molar-refractivity contribution is 5.52. The van der Waals surface area contributed by atoms with Crippen LogP contribution in [0.4, 0.5) is 5.69 Å². The molecule has 0 spiro atoms. The number of anilines is 1. The average molecular weight is 261 g/mol. The van der Waals surface area contributed by atoms with Crippen LogP contribution in [0.2, 0.25) is 0 Å². The van der Waals surface area contributed by atoms with Crippen LogP contribution < -0.4 is 5.32 Å². The third kappa shape index (κ3) is 2.64. The normalized spacial score (nSPS) is 11.3. The molecule has 2 aromatic heterocycles. The Hall–Kier alpha value is -1.78. The molecule has 0 fully saturated rings. The molecule has 2 rings (SSSR count). The van der Waals surface area contributed by atoms with Gasteiger partial charge in [0.1, 0.15) is 0 Å². The Morgan fingerprint density at radius 3 is 2.42 bits per heavy atom. The Bertz CT molecular complexity index is 577. The average Bonchev–Trinajstić information content (AvgIpc) is 2.80. The van der Waals surface area contributed by atoms with Crippen LogP contribution in [-0.2, 0) is 20.6 Å². The fourth-order valence-electron chi connectivity index (χ4n) is 2.39. The molecule has 0 unspecified atom stereocenters. The first-order chi connectivity index (χ1) is 8.90. The Labute approximate surface area is 114 Å². The smallest absolute Gasteiger partial charge is 0.0827 e. The van der Waals surface area contributed by atoms with E-state index >= 15 is 0 Å². The SMILES string of the molecule is Cc1nn(C)c(C)c1NCc1cn(C)nc1C(C)C. The summed E-state index contributed by atoms with van der Waals surface area (Å²) >= 11 is 0. The van der Waals surface area contributed by atoms with Crippen molar-refractivity contribution in [2.75, 3.05) is 5.32 Å². The van der Waals surface area contributed by atoms with Crippen LogP contribution in [0.5, 0.6) is 0 Å². The van der Waals surface area contributed by atoms with E-state index < -0.39 is 0 Å². The van der Waals surface area contributed by atoms with E-state index in [2.05, 4.69) is 42.5 Å². The van der Waals surface area contributed by atoms with Crippen LogP contribution in [0.25, 0.3) is 0 Å². The molecule has 0 aliphatic rings. The number of hydrogen-bond donors (Lipinski definition) is 1. The zero-order valence-electron chi connectivity index (χ0n) is 12.7. The second-order valence-corrected chi connectivity index (χ2v) is 5.39. The van der Waals surface area contributed by atoms with Crippen LogP contribution in [0.1, 0.15) is 42.4 Å². The van der Waals surface area contributed by atoms with Gasteiger partial charge in [-0.25, -0.2) is 0 Å². The van der Waals surface area contributed by atoms with E-state index in [0.29, 0.717) is 5.92 Å². The predicted octanol–water partition coefficient (Wildman–Crippen LogP) is 2.51. The molecule has 0 radical (unpaired) electrons. The third-order valence-electron chi connectivity index (χ3n) is 3.45. The highest BCUT2D eigenvalue weighted by Gasteiger charge is 2.13. The number of rotatable bonds is 4. The van der Waals surface area contributed by atoms with Gasteiger partial charge in [0.15, 0.2) is 0 Å². The van der Waals surface area contributed by atoms with Crippen LogP contribution in [-0.4, -0.2) is 19.6 Å². The molecule has 19 heavy (non-hydrogen) atoms. The lowest BCUT2D eigenvalue weighted by Gasteiger charge is -2.08. The van der Waals surface area contributed by atoms with Gasteiger partial charge in [-0.1, -0.05) is 13.8 Å². The summed E-state index contributed by atoms with van der Waals surface area (Å²) in [5.74, 6) is 0.439. The Balaban J connectivity index is 2.19. The van der Waals surface area contributed by atoms with Gasteiger partial charge in [0, 0.05) is 32.4 Å². The first-order valence-electron chi connectivity index (χ1n) is 6.66. The van der Waals surface area contributed by atoms with Crippen molar-refractivity contribution in [2.24, 2.45) is 14.1 Å². The molecule has 0 saturated heterocycles. The van der Waals surface area contributed by atoms with E-state index in [0.717, 1.165) is 29.3 Å². The molecule has 0 bridgehead atoms. The quantitative estimate of drug-likeness (QED) is 0.920. The zero-order valence-corrected chi connectivity index (χ0v) is 12.7. The van der Waals surface area contributed by atoms with Gasteiger partial charge in [-0.3, -0.25) is 9.36 Å². The molecular formula is C14H23N5. The van der Waals surface area contributed by atoms with Crippen LogP contribution in [0.15, 0.2) is 6.20 Å². The minimum Gasteiger partial charge on any atom is -0.378 e. The van der Waals surface area contributed by atoms with Crippen LogP contribution >= 0.6 is 0 Å². The van der Waals surface area contributed by atoms with Crippen LogP contribution in [0, 0.1) is 13.8 Å². The van der Waals surface area contributed by atoms with Crippen LogP contribution in [0.3, 0.4) is 0 Å².